The molecule has 0 atom stereocenters. The van der Waals surface area contributed by atoms with Gasteiger partial charge in [0.25, 0.3) is 5.91 Å². The molecule has 2 nitrogen and oxygen atoms in total. The monoisotopic (exact) mass is 373 g/mol. The molecule has 1 aliphatic carbocycles. The number of alkyl halides is 1. The highest BCUT2D eigenvalue weighted by atomic mass is 79.9. The summed E-state index contributed by atoms with van der Waals surface area (Å²) in [5.74, 6) is 0.0250. The van der Waals surface area contributed by atoms with Crippen LogP contribution in [0, 0.1) is 6.92 Å². The SMILES string of the molecule is Cc1ccc(C(=O)NC2(CBr)CCCC2)cc1Br. The van der Waals surface area contributed by atoms with Crippen LogP contribution in [0.3, 0.4) is 0 Å². The summed E-state index contributed by atoms with van der Waals surface area (Å²) in [6.07, 6.45) is 4.53. The Bertz CT molecular complexity index is 453. The zero-order valence-electron chi connectivity index (χ0n) is 10.4. The molecular formula is C14H17Br2NO. The summed E-state index contributed by atoms with van der Waals surface area (Å²) in [6, 6.07) is 5.74. The van der Waals surface area contributed by atoms with Gasteiger partial charge in [-0.05, 0) is 37.5 Å². The predicted molar refractivity (Wildman–Crippen MR) is 81.3 cm³/mol. The number of aryl methyl sites for hydroxylation is 1. The van der Waals surface area contributed by atoms with E-state index in [0.717, 1.165) is 33.8 Å². The molecule has 0 spiro atoms. The van der Waals surface area contributed by atoms with Crippen LogP contribution in [0.1, 0.15) is 41.6 Å². The van der Waals surface area contributed by atoms with E-state index >= 15 is 0 Å². The second-order valence-electron chi connectivity index (χ2n) is 5.04. The third kappa shape index (κ3) is 2.97. The van der Waals surface area contributed by atoms with Crippen molar-refractivity contribution < 1.29 is 4.79 Å². The molecule has 0 aromatic heterocycles. The predicted octanol–water partition coefficient (Wildman–Crippen LogP) is 4.20. The number of nitrogens with one attached hydrogen (secondary N) is 1. The van der Waals surface area contributed by atoms with E-state index in [0.29, 0.717) is 0 Å². The number of benzene rings is 1. The lowest BCUT2D eigenvalue weighted by atomic mass is 10.00. The lowest BCUT2D eigenvalue weighted by Gasteiger charge is -2.28. The fourth-order valence-corrected chi connectivity index (χ4v) is 3.47. The van der Waals surface area contributed by atoms with Crippen molar-refractivity contribution in [3.8, 4) is 0 Å². The maximum atomic E-state index is 12.3. The van der Waals surface area contributed by atoms with Gasteiger partial charge in [0.2, 0.25) is 0 Å². The molecule has 0 unspecified atom stereocenters. The standard InChI is InChI=1S/C14H17Br2NO/c1-10-4-5-11(8-12(10)16)13(18)17-14(9-15)6-2-3-7-14/h4-5,8H,2-3,6-7,9H2,1H3,(H,17,18). The van der Waals surface area contributed by atoms with Crippen molar-refractivity contribution in [2.75, 3.05) is 5.33 Å². The normalized spacial score (nSPS) is 17.7. The van der Waals surface area contributed by atoms with Gasteiger partial charge in [0.1, 0.15) is 0 Å². The molecule has 1 N–H and O–H groups in total. The summed E-state index contributed by atoms with van der Waals surface area (Å²) in [6.45, 7) is 2.02. The van der Waals surface area contributed by atoms with Gasteiger partial charge < -0.3 is 5.32 Å². The van der Waals surface area contributed by atoms with Crippen molar-refractivity contribution in [2.45, 2.75) is 38.1 Å². The van der Waals surface area contributed by atoms with E-state index in [1.807, 2.05) is 25.1 Å². The first-order valence-electron chi connectivity index (χ1n) is 6.21. The lowest BCUT2D eigenvalue weighted by Crippen LogP contribution is -2.47. The van der Waals surface area contributed by atoms with E-state index in [-0.39, 0.29) is 11.4 Å². The summed E-state index contributed by atoms with van der Waals surface area (Å²) in [5.41, 5.74) is 1.82. The van der Waals surface area contributed by atoms with Gasteiger partial charge in [-0.3, -0.25) is 4.79 Å². The average molecular weight is 375 g/mol. The Morgan fingerprint density at radius 2 is 2.06 bits per heavy atom. The zero-order chi connectivity index (χ0) is 13.2. The number of amides is 1. The molecule has 0 heterocycles. The molecule has 98 valence electrons. The molecule has 0 radical (unpaired) electrons. The number of halogens is 2. The number of hydrogen-bond donors (Lipinski definition) is 1. The second kappa shape index (κ2) is 5.74. The van der Waals surface area contributed by atoms with Gasteiger partial charge in [-0.1, -0.05) is 50.8 Å². The molecule has 1 fully saturated rings. The Morgan fingerprint density at radius 1 is 1.39 bits per heavy atom. The quantitative estimate of drug-likeness (QED) is 0.789. The number of carbonyl (C=O) groups excluding carboxylic acids is 1. The van der Waals surface area contributed by atoms with Crippen molar-refractivity contribution in [2.24, 2.45) is 0 Å². The Kier molecular flexibility index (Phi) is 4.49. The minimum absolute atomic E-state index is 0.0250. The van der Waals surface area contributed by atoms with E-state index < -0.39 is 0 Å². The molecule has 1 aliphatic rings. The van der Waals surface area contributed by atoms with Crippen LogP contribution in [0.5, 0.6) is 0 Å². The fourth-order valence-electron chi connectivity index (χ4n) is 2.39. The third-order valence-electron chi connectivity index (χ3n) is 3.63. The molecular weight excluding hydrogens is 358 g/mol. The molecule has 1 saturated carbocycles. The number of rotatable bonds is 3. The molecule has 18 heavy (non-hydrogen) atoms. The Balaban J connectivity index is 2.13. The van der Waals surface area contributed by atoms with Crippen LogP contribution in [0.25, 0.3) is 0 Å². The summed E-state index contributed by atoms with van der Waals surface area (Å²) < 4.78 is 0.981. The summed E-state index contributed by atoms with van der Waals surface area (Å²) >= 11 is 7.00. The van der Waals surface area contributed by atoms with Crippen molar-refractivity contribution in [1.29, 1.82) is 0 Å². The van der Waals surface area contributed by atoms with Gasteiger partial charge >= 0.3 is 0 Å². The first kappa shape index (κ1) is 14.1. The van der Waals surface area contributed by atoms with E-state index in [2.05, 4.69) is 37.2 Å². The Morgan fingerprint density at radius 3 is 2.61 bits per heavy atom. The summed E-state index contributed by atoms with van der Waals surface area (Å²) in [7, 11) is 0. The number of hydrogen-bond acceptors (Lipinski definition) is 1. The molecule has 0 saturated heterocycles. The van der Waals surface area contributed by atoms with Crippen LogP contribution in [0.4, 0.5) is 0 Å². The number of carbonyl (C=O) groups is 1. The summed E-state index contributed by atoms with van der Waals surface area (Å²) in [5, 5.41) is 4.03. The minimum atomic E-state index is -0.0472. The Hall–Kier alpha value is -0.350. The molecule has 4 heteroatoms. The molecule has 0 aliphatic heterocycles. The van der Waals surface area contributed by atoms with Gasteiger partial charge in [0, 0.05) is 15.4 Å². The van der Waals surface area contributed by atoms with Gasteiger partial charge in [0.15, 0.2) is 0 Å². The first-order valence-corrected chi connectivity index (χ1v) is 8.12. The van der Waals surface area contributed by atoms with Gasteiger partial charge in [-0.15, -0.1) is 0 Å². The van der Waals surface area contributed by atoms with E-state index in [1.165, 1.54) is 12.8 Å². The van der Waals surface area contributed by atoms with Crippen LogP contribution in [0.2, 0.25) is 0 Å². The fraction of sp³-hybridized carbons (Fsp3) is 0.500. The van der Waals surface area contributed by atoms with E-state index in [1.54, 1.807) is 0 Å². The zero-order valence-corrected chi connectivity index (χ0v) is 13.6. The van der Waals surface area contributed by atoms with Crippen LogP contribution >= 0.6 is 31.9 Å². The maximum Gasteiger partial charge on any atom is 0.251 e. The molecule has 2 rings (SSSR count). The van der Waals surface area contributed by atoms with Crippen molar-refractivity contribution in [3.63, 3.8) is 0 Å². The first-order chi connectivity index (χ1) is 8.56. The van der Waals surface area contributed by atoms with Crippen molar-refractivity contribution >= 4 is 37.8 Å². The highest BCUT2D eigenvalue weighted by Gasteiger charge is 2.34. The van der Waals surface area contributed by atoms with Crippen LogP contribution in [-0.4, -0.2) is 16.8 Å². The van der Waals surface area contributed by atoms with Crippen LogP contribution in [0.15, 0.2) is 22.7 Å². The lowest BCUT2D eigenvalue weighted by molar-refractivity contribution is 0.0910. The highest BCUT2D eigenvalue weighted by molar-refractivity contribution is 9.10. The molecule has 1 amide bonds. The molecule has 0 bridgehead atoms. The van der Waals surface area contributed by atoms with E-state index in [4.69, 9.17) is 0 Å². The van der Waals surface area contributed by atoms with Crippen LogP contribution < -0.4 is 5.32 Å². The Labute approximate surface area is 125 Å². The maximum absolute atomic E-state index is 12.3. The molecule has 1 aromatic carbocycles. The average Bonchev–Trinajstić information content (AvgIpc) is 2.82. The molecule has 1 aromatic rings. The highest BCUT2D eigenvalue weighted by Crippen LogP contribution is 2.31. The second-order valence-corrected chi connectivity index (χ2v) is 6.45. The topological polar surface area (TPSA) is 29.1 Å². The largest absolute Gasteiger partial charge is 0.346 e. The third-order valence-corrected chi connectivity index (χ3v) is 5.56. The van der Waals surface area contributed by atoms with E-state index in [9.17, 15) is 4.79 Å². The van der Waals surface area contributed by atoms with Gasteiger partial charge in [-0.25, -0.2) is 0 Å². The van der Waals surface area contributed by atoms with Crippen molar-refractivity contribution in [1.82, 2.24) is 5.32 Å². The minimum Gasteiger partial charge on any atom is -0.346 e. The smallest absolute Gasteiger partial charge is 0.251 e. The van der Waals surface area contributed by atoms with Crippen LogP contribution in [-0.2, 0) is 0 Å². The van der Waals surface area contributed by atoms with Gasteiger partial charge in [0.05, 0.1) is 5.54 Å². The van der Waals surface area contributed by atoms with Gasteiger partial charge in [-0.2, -0.15) is 0 Å². The van der Waals surface area contributed by atoms with Crippen molar-refractivity contribution in [3.05, 3.63) is 33.8 Å². The summed E-state index contributed by atoms with van der Waals surface area (Å²) in [4.78, 5) is 12.3.